The molecule has 0 aromatic heterocycles. The number of hydrogen-bond acceptors (Lipinski definition) is 4. The highest BCUT2D eigenvalue weighted by Crippen LogP contribution is 2.32. The molecule has 2 N–H and O–H groups in total. The number of nitrogens with zero attached hydrogens (tertiary/aromatic N) is 1. The van der Waals surface area contributed by atoms with Crippen molar-refractivity contribution < 1.29 is 16.8 Å². The number of nitrogens with two attached hydrogens (primary N) is 1. The number of benzene rings is 1. The Hall–Kier alpha value is -1.12. The van der Waals surface area contributed by atoms with Crippen LogP contribution < -0.4 is 9.44 Å². The Morgan fingerprint density at radius 3 is 2.11 bits per heavy atom. The number of rotatable bonds is 5. The molecule has 106 valence electrons. The number of primary sulfonamides is 1. The summed E-state index contributed by atoms with van der Waals surface area (Å²) in [5.41, 5.74) is 0.424. The molecular weight excluding hydrogens is 288 g/mol. The van der Waals surface area contributed by atoms with E-state index in [0.29, 0.717) is 5.69 Å². The van der Waals surface area contributed by atoms with Crippen molar-refractivity contribution >= 4 is 25.7 Å². The van der Waals surface area contributed by atoms with Gasteiger partial charge in [-0.1, -0.05) is 0 Å². The van der Waals surface area contributed by atoms with E-state index in [9.17, 15) is 16.8 Å². The fraction of sp³-hybridized carbons (Fsp3) is 0.455. The third kappa shape index (κ3) is 3.46. The zero-order valence-corrected chi connectivity index (χ0v) is 12.1. The van der Waals surface area contributed by atoms with Crippen molar-refractivity contribution in [2.75, 3.05) is 17.1 Å². The molecule has 0 heterocycles. The van der Waals surface area contributed by atoms with Crippen molar-refractivity contribution in [3.8, 4) is 0 Å². The number of anilines is 1. The molecule has 1 fully saturated rings. The lowest BCUT2D eigenvalue weighted by Crippen LogP contribution is -2.29. The van der Waals surface area contributed by atoms with Gasteiger partial charge < -0.3 is 0 Å². The number of sulfonamides is 2. The third-order valence-electron chi connectivity index (χ3n) is 3.09. The maximum atomic E-state index is 12.0. The third-order valence-corrected chi connectivity index (χ3v) is 5.96. The summed E-state index contributed by atoms with van der Waals surface area (Å²) in [4.78, 5) is -0.0377. The monoisotopic (exact) mass is 304 g/mol. The quantitative estimate of drug-likeness (QED) is 0.857. The summed E-state index contributed by atoms with van der Waals surface area (Å²) in [6, 6.07) is 5.47. The van der Waals surface area contributed by atoms with E-state index in [-0.39, 0.29) is 16.6 Å². The van der Waals surface area contributed by atoms with Crippen LogP contribution in [-0.4, -0.2) is 29.6 Å². The van der Waals surface area contributed by atoms with E-state index < -0.39 is 20.0 Å². The number of hydrogen-bond donors (Lipinski definition) is 1. The average Bonchev–Trinajstić information content (AvgIpc) is 3.10. The standard InChI is InChI=1S/C11H16N2O4S2/c1-13(18(14,15)8-9-2-3-9)10-4-6-11(7-5-10)19(12,16)17/h4-7,9H,2-3,8H2,1H3,(H2,12,16,17). The molecule has 0 unspecified atom stereocenters. The van der Waals surface area contributed by atoms with E-state index >= 15 is 0 Å². The van der Waals surface area contributed by atoms with Crippen LogP contribution in [0.25, 0.3) is 0 Å². The second kappa shape index (κ2) is 4.77. The van der Waals surface area contributed by atoms with Crippen molar-refractivity contribution in [3.05, 3.63) is 24.3 Å². The predicted octanol–water partition coefficient (Wildman–Crippen LogP) is 0.510. The first kappa shape index (κ1) is 14.3. The van der Waals surface area contributed by atoms with E-state index in [1.165, 1.54) is 35.6 Å². The molecule has 8 heteroatoms. The van der Waals surface area contributed by atoms with Crippen LogP contribution in [0.1, 0.15) is 12.8 Å². The van der Waals surface area contributed by atoms with Crippen molar-refractivity contribution in [3.63, 3.8) is 0 Å². The maximum absolute atomic E-state index is 12.0. The Bertz CT molecular complexity index is 661. The van der Waals surface area contributed by atoms with Crippen LogP contribution in [0.4, 0.5) is 5.69 Å². The molecule has 19 heavy (non-hydrogen) atoms. The van der Waals surface area contributed by atoms with E-state index in [0.717, 1.165) is 12.8 Å². The van der Waals surface area contributed by atoms with Gasteiger partial charge in [-0.05, 0) is 43.0 Å². The van der Waals surface area contributed by atoms with Crippen LogP contribution in [0.2, 0.25) is 0 Å². The molecule has 1 aromatic rings. The Kier molecular flexibility index (Phi) is 3.59. The summed E-state index contributed by atoms with van der Waals surface area (Å²) in [6.07, 6.45) is 1.91. The van der Waals surface area contributed by atoms with Crippen molar-refractivity contribution in [1.29, 1.82) is 0 Å². The molecule has 0 bridgehead atoms. The summed E-state index contributed by atoms with van der Waals surface area (Å²) >= 11 is 0. The molecule has 2 rings (SSSR count). The maximum Gasteiger partial charge on any atom is 0.238 e. The lowest BCUT2D eigenvalue weighted by Gasteiger charge is -2.19. The Balaban J connectivity index is 2.22. The van der Waals surface area contributed by atoms with Gasteiger partial charge in [0, 0.05) is 7.05 Å². The first-order chi connectivity index (χ1) is 8.70. The van der Waals surface area contributed by atoms with Gasteiger partial charge in [-0.3, -0.25) is 4.31 Å². The molecular formula is C11H16N2O4S2. The molecule has 0 aliphatic heterocycles. The highest BCUT2D eigenvalue weighted by Gasteiger charge is 2.30. The largest absolute Gasteiger partial charge is 0.273 e. The topological polar surface area (TPSA) is 97.5 Å². The van der Waals surface area contributed by atoms with Crippen LogP contribution in [0.5, 0.6) is 0 Å². The molecule has 0 radical (unpaired) electrons. The van der Waals surface area contributed by atoms with E-state index in [1.807, 2.05) is 0 Å². The van der Waals surface area contributed by atoms with Gasteiger partial charge in [-0.15, -0.1) is 0 Å². The van der Waals surface area contributed by atoms with Crippen LogP contribution in [0.15, 0.2) is 29.2 Å². The van der Waals surface area contributed by atoms with Crippen LogP contribution in [0, 0.1) is 5.92 Å². The van der Waals surface area contributed by atoms with Crippen molar-refractivity contribution in [2.45, 2.75) is 17.7 Å². The smallest absolute Gasteiger partial charge is 0.238 e. The minimum absolute atomic E-state index is 0.0377. The molecule has 0 atom stereocenters. The molecule has 0 spiro atoms. The van der Waals surface area contributed by atoms with Crippen LogP contribution in [-0.2, 0) is 20.0 Å². The van der Waals surface area contributed by atoms with Crippen molar-refractivity contribution in [1.82, 2.24) is 0 Å². The average molecular weight is 304 g/mol. The first-order valence-corrected chi connectivity index (χ1v) is 8.95. The van der Waals surface area contributed by atoms with Crippen molar-refractivity contribution in [2.24, 2.45) is 11.1 Å². The molecule has 1 aromatic carbocycles. The molecule has 1 aliphatic carbocycles. The van der Waals surface area contributed by atoms with Gasteiger partial charge in [0.25, 0.3) is 0 Å². The summed E-state index contributed by atoms with van der Waals surface area (Å²) in [6.45, 7) is 0. The van der Waals surface area contributed by atoms with Gasteiger partial charge >= 0.3 is 0 Å². The zero-order chi connectivity index (χ0) is 14.3. The summed E-state index contributed by atoms with van der Waals surface area (Å²) in [5, 5.41) is 4.98. The van der Waals surface area contributed by atoms with Gasteiger partial charge in [0.15, 0.2) is 0 Å². The van der Waals surface area contributed by atoms with Crippen LogP contribution in [0.3, 0.4) is 0 Å². The van der Waals surface area contributed by atoms with Gasteiger partial charge in [-0.25, -0.2) is 22.0 Å². The second-order valence-electron chi connectivity index (χ2n) is 4.73. The molecule has 0 amide bonds. The normalized spacial score (nSPS) is 16.3. The molecule has 0 saturated heterocycles. The van der Waals surface area contributed by atoms with E-state index in [2.05, 4.69) is 0 Å². The summed E-state index contributed by atoms with van der Waals surface area (Å²) in [7, 11) is -5.64. The fourth-order valence-electron chi connectivity index (χ4n) is 1.70. The van der Waals surface area contributed by atoms with Gasteiger partial charge in [-0.2, -0.15) is 0 Å². The van der Waals surface area contributed by atoms with E-state index in [4.69, 9.17) is 5.14 Å². The van der Waals surface area contributed by atoms with E-state index in [1.54, 1.807) is 0 Å². The van der Waals surface area contributed by atoms with Gasteiger partial charge in [0.2, 0.25) is 20.0 Å². The Labute approximate surface area is 113 Å². The fourth-order valence-corrected chi connectivity index (χ4v) is 3.81. The summed E-state index contributed by atoms with van der Waals surface area (Å²) < 4.78 is 47.5. The lowest BCUT2D eigenvalue weighted by molar-refractivity contribution is 0.590. The Morgan fingerprint density at radius 2 is 1.68 bits per heavy atom. The molecule has 1 aliphatic rings. The molecule has 6 nitrogen and oxygen atoms in total. The highest BCUT2D eigenvalue weighted by atomic mass is 32.2. The SMILES string of the molecule is CN(c1ccc(S(N)(=O)=O)cc1)S(=O)(=O)CC1CC1. The zero-order valence-electron chi connectivity index (χ0n) is 10.5. The van der Waals surface area contributed by atoms with Gasteiger partial charge in [0.1, 0.15) is 0 Å². The minimum atomic E-state index is -3.76. The lowest BCUT2D eigenvalue weighted by atomic mass is 10.3. The first-order valence-electron chi connectivity index (χ1n) is 5.79. The highest BCUT2D eigenvalue weighted by molar-refractivity contribution is 7.92. The summed E-state index contributed by atoms with van der Waals surface area (Å²) in [5.74, 6) is 0.400. The minimum Gasteiger partial charge on any atom is -0.273 e. The Morgan fingerprint density at radius 1 is 1.16 bits per heavy atom. The predicted molar refractivity (Wildman–Crippen MR) is 72.7 cm³/mol. The molecule has 1 saturated carbocycles. The van der Waals surface area contributed by atoms with Crippen LogP contribution >= 0.6 is 0 Å². The second-order valence-corrected chi connectivity index (χ2v) is 8.33. The van der Waals surface area contributed by atoms with Gasteiger partial charge in [0.05, 0.1) is 16.3 Å².